The Hall–Kier alpha value is -5.91. The molecule has 0 aliphatic carbocycles. The lowest BCUT2D eigenvalue weighted by molar-refractivity contribution is -0.0801. The molecule has 0 atom stereocenters. The Balaban J connectivity index is -0.000000263. The first-order valence-corrected chi connectivity index (χ1v) is 28.0. The van der Waals surface area contributed by atoms with Gasteiger partial charge in [-0.2, -0.15) is 26.3 Å². The van der Waals surface area contributed by atoms with Gasteiger partial charge < -0.3 is 0 Å². The largest absolute Gasteiger partial charge is 0.440 e. The first kappa shape index (κ1) is 75.0. The molecule has 0 N–H and O–H groups in total. The predicted octanol–water partition coefficient (Wildman–Crippen LogP) is 21.3. The number of benzene rings is 7. The van der Waals surface area contributed by atoms with Crippen LogP contribution < -0.4 is 0 Å². The van der Waals surface area contributed by atoms with Crippen LogP contribution in [0, 0.1) is 0 Å². The van der Waals surface area contributed by atoms with Crippen LogP contribution >= 0.6 is 10.0 Å². The molecule has 0 radical (unpaired) electrons. The molecule has 7 rings (SSSR count). The third-order valence-corrected chi connectivity index (χ3v) is 12.9. The van der Waals surface area contributed by atoms with Gasteiger partial charge in [-0.25, -0.2) is 8.42 Å². The summed E-state index contributed by atoms with van der Waals surface area (Å²) in [6.07, 6.45) is 0. The van der Waals surface area contributed by atoms with Crippen molar-refractivity contribution in [3.05, 3.63) is 230 Å². The van der Waals surface area contributed by atoms with Crippen molar-refractivity contribution in [2.75, 3.05) is 0 Å². The molecule has 0 unspecified atom stereocenters. The van der Waals surface area contributed by atoms with E-state index >= 15 is 0 Å². The van der Waals surface area contributed by atoms with Crippen molar-refractivity contribution in [1.82, 2.24) is 0 Å². The van der Waals surface area contributed by atoms with E-state index in [9.17, 15) is 39.6 Å². The Labute approximate surface area is 434 Å². The molecule has 0 saturated heterocycles. The molecule has 0 fully saturated rings. The number of alkyl halides is 6. The Bertz CT molecular complexity index is 2110. The van der Waals surface area contributed by atoms with E-state index < -0.39 is 40.7 Å². The van der Waals surface area contributed by atoms with Gasteiger partial charge in [0.25, 0.3) is 0 Å². The summed E-state index contributed by atoms with van der Waals surface area (Å²) in [6.45, 7) is 32.0. The summed E-state index contributed by atoms with van der Waals surface area (Å²) in [7, 11) is -8.53. The number of sulfone groups is 1. The summed E-state index contributed by atoms with van der Waals surface area (Å²) in [4.78, 5) is 11.0. The van der Waals surface area contributed by atoms with Crippen LogP contribution in [-0.4, -0.2) is 25.2 Å². The third-order valence-electron chi connectivity index (χ3n) is 7.73. The van der Waals surface area contributed by atoms with E-state index in [4.69, 9.17) is 0 Å². The molecule has 0 bridgehead atoms. The van der Waals surface area contributed by atoms with Crippen LogP contribution in [0.1, 0.15) is 127 Å². The van der Waals surface area contributed by atoms with Gasteiger partial charge in [0.05, 0.1) is 9.79 Å². The minimum atomic E-state index is -5.44. The van der Waals surface area contributed by atoms with Crippen molar-refractivity contribution >= 4 is 25.6 Å². The average molecular weight is 1040 g/mol. The smallest absolute Gasteiger partial charge is 0.289 e. The average Bonchev–Trinajstić information content (AvgIpc) is 3.47. The van der Waals surface area contributed by atoms with Crippen LogP contribution in [0.25, 0.3) is 0 Å². The predicted molar refractivity (Wildman–Crippen MR) is 301 cm³/mol. The molecule has 3 nitrogen and oxygen atoms in total. The van der Waals surface area contributed by atoms with Gasteiger partial charge in [0.2, 0.25) is 9.84 Å². The first-order valence-electron chi connectivity index (χ1n) is 24.9. The van der Waals surface area contributed by atoms with E-state index in [1.165, 1.54) is 36.4 Å². The third kappa shape index (κ3) is 26.5. The summed E-state index contributed by atoms with van der Waals surface area (Å²) in [5.41, 5.74) is -9.40. The Morgan fingerprint density at radius 3 is 0.611 bits per heavy atom. The van der Waals surface area contributed by atoms with Gasteiger partial charge in [-0.15, -0.1) is 0 Å². The maximum atomic E-state index is 13.6. The van der Waals surface area contributed by atoms with Crippen molar-refractivity contribution in [3.8, 4) is 0 Å². The molecule has 7 aromatic rings. The van der Waals surface area contributed by atoms with E-state index in [2.05, 4.69) is 0 Å². The molecule has 0 heterocycles. The van der Waals surface area contributed by atoms with Crippen molar-refractivity contribution in [3.63, 3.8) is 0 Å². The maximum absolute atomic E-state index is 13.6. The first-order chi connectivity index (χ1) is 34.8. The molecule has 0 aliphatic rings. The molecule has 72 heavy (non-hydrogen) atoms. The van der Waals surface area contributed by atoms with Gasteiger partial charge in [0, 0.05) is 30.9 Å². The highest BCUT2D eigenvalue weighted by Crippen LogP contribution is 2.80. The van der Waals surface area contributed by atoms with Gasteiger partial charge in [0.1, 0.15) is 0 Å². The Kier molecular flexibility index (Phi) is 49.4. The molecule has 0 amide bonds. The fraction of sp³-hybridized carbons (Fsp3) is 0.295. The number of hydrogen-bond donors (Lipinski definition) is 0. The fourth-order valence-corrected chi connectivity index (χ4v) is 9.15. The number of ketones is 1. The van der Waals surface area contributed by atoms with Crippen molar-refractivity contribution in [1.29, 1.82) is 0 Å². The van der Waals surface area contributed by atoms with E-state index in [1.54, 1.807) is 60.7 Å². The lowest BCUT2D eigenvalue weighted by Gasteiger charge is -2.42. The minimum absolute atomic E-state index is 0.0752. The zero-order chi connectivity index (χ0) is 56.5. The number of rotatable bonds is 6. The second-order valence-electron chi connectivity index (χ2n) is 11.5. The fourth-order valence-electron chi connectivity index (χ4n) is 5.12. The molecule has 0 spiro atoms. The molecular formula is C61H84F6O3S2. The number of carbonyl (C=O) groups excluding carboxylic acids is 1. The van der Waals surface area contributed by atoms with Crippen LogP contribution in [0.2, 0.25) is 0 Å². The summed E-state index contributed by atoms with van der Waals surface area (Å²) in [5.74, 6) is 0.0752. The zero-order valence-corrected chi connectivity index (χ0v) is 47.2. The van der Waals surface area contributed by atoms with Gasteiger partial charge in [-0.05, 0) is 48.5 Å². The SMILES string of the molecule is CC.CC.CC.CC.CC.CC.CC.CC.FC(F)(F)S(c1ccccc1)(c1ccccc1)C(F)(F)F.O=C(c1ccccc1)c1ccccc1.O=S(=O)(c1ccccc1)c1ccccc1.c1ccccc1. The van der Waals surface area contributed by atoms with Crippen LogP contribution in [0.3, 0.4) is 0 Å². The molecule has 7 aromatic carbocycles. The lowest BCUT2D eigenvalue weighted by atomic mass is 10.0. The highest BCUT2D eigenvalue weighted by molar-refractivity contribution is 8.35. The Morgan fingerprint density at radius 1 is 0.278 bits per heavy atom. The maximum Gasteiger partial charge on any atom is 0.440 e. The zero-order valence-electron chi connectivity index (χ0n) is 45.6. The topological polar surface area (TPSA) is 51.2 Å². The highest BCUT2D eigenvalue weighted by atomic mass is 32.3. The summed E-state index contributed by atoms with van der Waals surface area (Å²) < 4.78 is 105. The van der Waals surface area contributed by atoms with E-state index in [-0.39, 0.29) is 5.78 Å². The van der Waals surface area contributed by atoms with Gasteiger partial charge in [-0.3, -0.25) is 4.79 Å². The van der Waals surface area contributed by atoms with Crippen LogP contribution in [0.5, 0.6) is 0 Å². The van der Waals surface area contributed by atoms with E-state index in [0.29, 0.717) is 9.79 Å². The Morgan fingerprint density at radius 2 is 0.431 bits per heavy atom. The summed E-state index contributed by atoms with van der Waals surface area (Å²) in [5, 5.41) is 0. The molecule has 11 heteroatoms. The molecule has 0 aliphatic heterocycles. The van der Waals surface area contributed by atoms with Crippen molar-refractivity contribution in [2.24, 2.45) is 0 Å². The quantitative estimate of drug-likeness (QED) is 0.123. The molecule has 0 saturated carbocycles. The highest BCUT2D eigenvalue weighted by Gasteiger charge is 2.68. The van der Waals surface area contributed by atoms with Gasteiger partial charge in [-0.1, -0.05) is 281 Å². The monoisotopic (exact) mass is 1040 g/mol. The molecule has 400 valence electrons. The number of carbonyl (C=O) groups is 1. The van der Waals surface area contributed by atoms with Crippen molar-refractivity contribution < 1.29 is 39.6 Å². The van der Waals surface area contributed by atoms with Crippen LogP contribution in [0.15, 0.2) is 238 Å². The summed E-state index contributed by atoms with van der Waals surface area (Å²) in [6, 6.07) is 58.5. The standard InChI is InChI=1S/C14H10F6S.C13H10O.C12H10O2S.C6H6.8C2H6/c15-13(16,17)21(14(18,19)20,11-7-3-1-4-8-11)12-9-5-2-6-10-12;14-13(11-7-3-1-4-8-11)12-9-5-2-6-10-12;13-15(14,11-7-3-1-4-8-11)12-9-5-2-6-10-12;1-2-4-6-5-3-1;8*1-2/h1-10H;1-10H;1-10H;1-6H;8*1-2H3. The van der Waals surface area contributed by atoms with Crippen molar-refractivity contribution in [2.45, 2.75) is 141 Å². The second-order valence-corrected chi connectivity index (χ2v) is 16.5. The van der Waals surface area contributed by atoms with E-state index in [1.807, 2.05) is 208 Å². The summed E-state index contributed by atoms with van der Waals surface area (Å²) >= 11 is 0. The van der Waals surface area contributed by atoms with Gasteiger partial charge in [0.15, 0.2) is 5.78 Å². The second kappa shape index (κ2) is 47.4. The molecular weight excluding hydrogens is 959 g/mol. The number of halogens is 6. The lowest BCUT2D eigenvalue weighted by Crippen LogP contribution is -2.33. The normalized spacial score (nSPS) is 9.64. The minimum Gasteiger partial charge on any atom is -0.289 e. The number of hydrogen-bond acceptors (Lipinski definition) is 3. The molecule has 0 aromatic heterocycles. The van der Waals surface area contributed by atoms with Gasteiger partial charge >= 0.3 is 11.0 Å². The van der Waals surface area contributed by atoms with Crippen LogP contribution in [0.4, 0.5) is 26.3 Å². The van der Waals surface area contributed by atoms with E-state index in [0.717, 1.165) is 35.4 Å². The van der Waals surface area contributed by atoms with Crippen LogP contribution in [-0.2, 0) is 9.84 Å².